The third kappa shape index (κ3) is 3.99. The Balaban J connectivity index is 3.21. The average Bonchev–Trinajstić information content (AvgIpc) is 2.45. The molecule has 1 rings (SSSR count). The maximum atomic E-state index is 12.6. The number of carbonyl (C=O) groups excluding carboxylic acids is 1. The Hall–Kier alpha value is -1.51. The third-order valence-corrected chi connectivity index (χ3v) is 4.14. The molecule has 3 heteroatoms. The normalized spacial score (nSPS) is 15.4. The molecule has 0 N–H and O–H groups in total. The third-order valence-electron chi connectivity index (χ3n) is 4.14. The van der Waals surface area contributed by atoms with Crippen LogP contribution in [-0.4, -0.2) is 19.7 Å². The van der Waals surface area contributed by atoms with Crippen LogP contribution in [0.15, 0.2) is 24.3 Å². The highest BCUT2D eigenvalue weighted by Crippen LogP contribution is 2.44. The van der Waals surface area contributed by atoms with E-state index in [1.807, 2.05) is 38.1 Å². The second-order valence-corrected chi connectivity index (χ2v) is 6.20. The number of benzene rings is 1. The number of hydrogen-bond donors (Lipinski definition) is 0. The van der Waals surface area contributed by atoms with Crippen LogP contribution in [0.2, 0.25) is 0 Å². The number of para-hydroxylation sites is 1. The van der Waals surface area contributed by atoms with E-state index >= 15 is 0 Å². The molecule has 0 saturated heterocycles. The zero-order valence-corrected chi connectivity index (χ0v) is 14.1. The van der Waals surface area contributed by atoms with Gasteiger partial charge in [-0.1, -0.05) is 39.0 Å². The second kappa shape index (κ2) is 7.48. The van der Waals surface area contributed by atoms with Crippen molar-refractivity contribution in [2.45, 2.75) is 47.0 Å². The van der Waals surface area contributed by atoms with Crippen molar-refractivity contribution in [2.75, 3.05) is 13.7 Å². The topological polar surface area (TPSA) is 35.5 Å². The Morgan fingerprint density at radius 2 is 1.86 bits per heavy atom. The molecular formula is C18H28O3. The van der Waals surface area contributed by atoms with Gasteiger partial charge in [-0.2, -0.15) is 0 Å². The molecule has 0 aliphatic heterocycles. The molecule has 1 aromatic carbocycles. The summed E-state index contributed by atoms with van der Waals surface area (Å²) in [5.74, 6) is 1.13. The summed E-state index contributed by atoms with van der Waals surface area (Å²) >= 11 is 0. The van der Waals surface area contributed by atoms with Gasteiger partial charge in [-0.15, -0.1) is 0 Å². The summed E-state index contributed by atoms with van der Waals surface area (Å²) < 4.78 is 10.8. The zero-order chi connectivity index (χ0) is 16.0. The van der Waals surface area contributed by atoms with Gasteiger partial charge in [0.05, 0.1) is 19.1 Å². The number of hydrogen-bond acceptors (Lipinski definition) is 3. The van der Waals surface area contributed by atoms with E-state index in [1.165, 1.54) is 0 Å². The van der Waals surface area contributed by atoms with E-state index in [9.17, 15) is 4.79 Å². The average molecular weight is 292 g/mol. The van der Waals surface area contributed by atoms with Crippen molar-refractivity contribution in [2.24, 2.45) is 11.3 Å². The molecule has 0 radical (unpaired) electrons. The van der Waals surface area contributed by atoms with Crippen molar-refractivity contribution in [1.29, 1.82) is 0 Å². The molecule has 0 spiro atoms. The summed E-state index contributed by atoms with van der Waals surface area (Å²) in [6, 6.07) is 7.89. The molecule has 0 aromatic heterocycles. The number of methoxy groups -OCH3 is 1. The zero-order valence-electron chi connectivity index (χ0n) is 14.1. The van der Waals surface area contributed by atoms with Gasteiger partial charge in [-0.05, 0) is 37.8 Å². The van der Waals surface area contributed by atoms with Gasteiger partial charge in [0.2, 0.25) is 0 Å². The maximum Gasteiger partial charge on any atom is 0.312 e. The number of carbonyl (C=O) groups is 1. The molecule has 3 nitrogen and oxygen atoms in total. The minimum absolute atomic E-state index is 0.0232. The fourth-order valence-electron chi connectivity index (χ4n) is 2.95. The number of esters is 1. The Kier molecular flexibility index (Phi) is 6.25. The predicted octanol–water partition coefficient (Wildman–Crippen LogP) is 4.41. The molecule has 2 atom stereocenters. The van der Waals surface area contributed by atoms with Crippen LogP contribution in [0.1, 0.15) is 52.5 Å². The molecule has 0 aliphatic carbocycles. The highest BCUT2D eigenvalue weighted by atomic mass is 16.5. The molecule has 0 fully saturated rings. The molecule has 118 valence electrons. The van der Waals surface area contributed by atoms with Crippen LogP contribution in [0.25, 0.3) is 0 Å². The molecule has 0 aliphatic rings. The molecule has 1 aromatic rings. The smallest absolute Gasteiger partial charge is 0.312 e. The monoisotopic (exact) mass is 292 g/mol. The summed E-state index contributed by atoms with van der Waals surface area (Å²) in [5.41, 5.74) is 0.495. The lowest BCUT2D eigenvalue weighted by atomic mass is 9.69. The fraction of sp³-hybridized carbons (Fsp3) is 0.611. The van der Waals surface area contributed by atoms with Crippen molar-refractivity contribution in [3.8, 4) is 5.75 Å². The molecule has 0 heterocycles. The van der Waals surface area contributed by atoms with Crippen molar-refractivity contribution in [3.05, 3.63) is 29.8 Å². The molecule has 0 bridgehead atoms. The summed E-state index contributed by atoms with van der Waals surface area (Å²) in [5, 5.41) is 0. The Morgan fingerprint density at radius 3 is 2.38 bits per heavy atom. The van der Waals surface area contributed by atoms with Crippen LogP contribution in [0.3, 0.4) is 0 Å². The van der Waals surface area contributed by atoms with Crippen LogP contribution in [0, 0.1) is 11.3 Å². The van der Waals surface area contributed by atoms with E-state index < -0.39 is 5.41 Å². The van der Waals surface area contributed by atoms with Crippen LogP contribution in [0.4, 0.5) is 0 Å². The second-order valence-electron chi connectivity index (χ2n) is 6.20. The van der Waals surface area contributed by atoms with E-state index in [2.05, 4.69) is 20.8 Å². The van der Waals surface area contributed by atoms with Gasteiger partial charge in [0.1, 0.15) is 5.75 Å². The van der Waals surface area contributed by atoms with Gasteiger partial charge in [0, 0.05) is 5.92 Å². The van der Waals surface area contributed by atoms with Crippen molar-refractivity contribution >= 4 is 5.97 Å². The minimum atomic E-state index is -0.557. The van der Waals surface area contributed by atoms with Crippen molar-refractivity contribution in [3.63, 3.8) is 0 Å². The van der Waals surface area contributed by atoms with E-state index in [-0.39, 0.29) is 11.9 Å². The molecule has 2 unspecified atom stereocenters. The first kappa shape index (κ1) is 17.5. The quantitative estimate of drug-likeness (QED) is 0.698. The first-order valence-electron chi connectivity index (χ1n) is 7.66. The van der Waals surface area contributed by atoms with Crippen LogP contribution >= 0.6 is 0 Å². The number of rotatable bonds is 7. The first-order chi connectivity index (χ1) is 9.86. The highest BCUT2D eigenvalue weighted by Gasteiger charge is 2.42. The summed E-state index contributed by atoms with van der Waals surface area (Å²) in [6.45, 7) is 10.6. The van der Waals surface area contributed by atoms with Gasteiger partial charge in [0.25, 0.3) is 0 Å². The largest absolute Gasteiger partial charge is 0.496 e. The van der Waals surface area contributed by atoms with Crippen LogP contribution in [0.5, 0.6) is 5.75 Å². The van der Waals surface area contributed by atoms with Crippen molar-refractivity contribution in [1.82, 2.24) is 0 Å². The van der Waals surface area contributed by atoms with Gasteiger partial charge in [-0.3, -0.25) is 4.79 Å². The van der Waals surface area contributed by atoms with Gasteiger partial charge >= 0.3 is 5.97 Å². The Bertz CT molecular complexity index is 467. The van der Waals surface area contributed by atoms with E-state index in [0.717, 1.165) is 17.7 Å². The van der Waals surface area contributed by atoms with Crippen LogP contribution in [-0.2, 0) is 9.53 Å². The van der Waals surface area contributed by atoms with E-state index in [4.69, 9.17) is 9.47 Å². The van der Waals surface area contributed by atoms with Gasteiger partial charge < -0.3 is 9.47 Å². The van der Waals surface area contributed by atoms with E-state index in [1.54, 1.807) is 7.11 Å². The standard InChI is InChI=1S/C18H28O3/c1-7-21-17(19)18(5,12-13(2)3)14(4)15-10-8-9-11-16(15)20-6/h8-11,13-14H,7,12H2,1-6H3. The minimum Gasteiger partial charge on any atom is -0.496 e. The van der Waals surface area contributed by atoms with Crippen molar-refractivity contribution < 1.29 is 14.3 Å². The lowest BCUT2D eigenvalue weighted by Gasteiger charge is -2.35. The predicted molar refractivity (Wildman–Crippen MR) is 85.6 cm³/mol. The van der Waals surface area contributed by atoms with E-state index in [0.29, 0.717) is 12.5 Å². The van der Waals surface area contributed by atoms with Gasteiger partial charge in [0.15, 0.2) is 0 Å². The Labute approximate surface area is 128 Å². The summed E-state index contributed by atoms with van der Waals surface area (Å²) in [7, 11) is 1.66. The van der Waals surface area contributed by atoms with Crippen LogP contribution < -0.4 is 4.74 Å². The van der Waals surface area contributed by atoms with Gasteiger partial charge in [-0.25, -0.2) is 0 Å². The lowest BCUT2D eigenvalue weighted by Crippen LogP contribution is -2.36. The molecule has 0 saturated carbocycles. The lowest BCUT2D eigenvalue weighted by molar-refractivity contribution is -0.156. The highest BCUT2D eigenvalue weighted by molar-refractivity contribution is 5.78. The fourth-order valence-corrected chi connectivity index (χ4v) is 2.95. The molecule has 21 heavy (non-hydrogen) atoms. The summed E-state index contributed by atoms with van der Waals surface area (Å²) in [6.07, 6.45) is 0.783. The molecule has 0 amide bonds. The summed E-state index contributed by atoms with van der Waals surface area (Å²) in [4.78, 5) is 12.6. The first-order valence-corrected chi connectivity index (χ1v) is 7.66. The Morgan fingerprint density at radius 1 is 1.24 bits per heavy atom. The SMILES string of the molecule is CCOC(=O)C(C)(CC(C)C)C(C)c1ccccc1OC. The maximum absolute atomic E-state index is 12.6. The molecular weight excluding hydrogens is 264 g/mol. The number of ether oxygens (including phenoxy) is 2.